The first-order valence-corrected chi connectivity index (χ1v) is 7.87. The summed E-state index contributed by atoms with van der Waals surface area (Å²) in [6, 6.07) is 5.93. The van der Waals surface area contributed by atoms with E-state index >= 15 is 0 Å². The largest absolute Gasteiger partial charge is 0.488 e. The second-order valence-electron chi connectivity index (χ2n) is 5.56. The predicted molar refractivity (Wildman–Crippen MR) is 85.1 cm³/mol. The summed E-state index contributed by atoms with van der Waals surface area (Å²) >= 11 is 6.32. The van der Waals surface area contributed by atoms with Gasteiger partial charge in [-0.2, -0.15) is 0 Å². The summed E-state index contributed by atoms with van der Waals surface area (Å²) < 4.78 is 11.5. The molecule has 0 aromatic heterocycles. The van der Waals surface area contributed by atoms with E-state index in [9.17, 15) is 0 Å². The van der Waals surface area contributed by atoms with E-state index in [-0.39, 0.29) is 6.10 Å². The van der Waals surface area contributed by atoms with Crippen LogP contribution in [-0.4, -0.2) is 51.1 Å². The normalized spacial score (nSPS) is 21.8. The SMILES string of the molecule is CN1C=C(COc2ccc(C[C@@H]3CNCCO3)cc2Cl)CO1. The van der Waals surface area contributed by atoms with Crippen molar-refractivity contribution < 1.29 is 14.3 Å². The van der Waals surface area contributed by atoms with Gasteiger partial charge in [0.05, 0.1) is 17.7 Å². The van der Waals surface area contributed by atoms with Crippen molar-refractivity contribution in [1.29, 1.82) is 0 Å². The minimum absolute atomic E-state index is 0.216. The van der Waals surface area contributed by atoms with Crippen LogP contribution in [0.4, 0.5) is 0 Å². The summed E-state index contributed by atoms with van der Waals surface area (Å²) in [7, 11) is 1.86. The molecule has 0 bridgehead atoms. The van der Waals surface area contributed by atoms with E-state index < -0.39 is 0 Å². The summed E-state index contributed by atoms with van der Waals surface area (Å²) in [4.78, 5) is 5.30. The van der Waals surface area contributed by atoms with Crippen molar-refractivity contribution in [2.45, 2.75) is 12.5 Å². The van der Waals surface area contributed by atoms with Gasteiger partial charge in [-0.3, -0.25) is 9.90 Å². The van der Waals surface area contributed by atoms with Gasteiger partial charge in [0.2, 0.25) is 0 Å². The van der Waals surface area contributed by atoms with Crippen molar-refractivity contribution in [2.75, 3.05) is 40.0 Å². The molecule has 2 heterocycles. The number of benzene rings is 1. The zero-order chi connectivity index (χ0) is 15.4. The Kier molecular flexibility index (Phi) is 5.20. The molecule has 1 aromatic carbocycles. The molecule has 2 aliphatic rings. The van der Waals surface area contributed by atoms with E-state index in [2.05, 4.69) is 5.32 Å². The lowest BCUT2D eigenvalue weighted by Crippen LogP contribution is -2.39. The average Bonchev–Trinajstić information content (AvgIpc) is 2.93. The molecule has 0 aliphatic carbocycles. The molecule has 6 heteroatoms. The molecule has 22 heavy (non-hydrogen) atoms. The van der Waals surface area contributed by atoms with Gasteiger partial charge in [-0.15, -0.1) is 0 Å². The smallest absolute Gasteiger partial charge is 0.138 e. The summed E-state index contributed by atoms with van der Waals surface area (Å²) in [5.74, 6) is 0.698. The first kappa shape index (κ1) is 15.6. The van der Waals surface area contributed by atoms with Gasteiger partial charge < -0.3 is 14.8 Å². The molecule has 1 saturated heterocycles. The quantitative estimate of drug-likeness (QED) is 0.897. The fourth-order valence-electron chi connectivity index (χ4n) is 2.57. The first-order chi connectivity index (χ1) is 10.7. The Labute approximate surface area is 135 Å². The van der Waals surface area contributed by atoms with Crippen molar-refractivity contribution in [3.8, 4) is 5.75 Å². The van der Waals surface area contributed by atoms with Crippen LogP contribution in [0.5, 0.6) is 5.75 Å². The maximum atomic E-state index is 6.32. The van der Waals surface area contributed by atoms with Gasteiger partial charge in [0.1, 0.15) is 19.0 Å². The number of rotatable bonds is 5. The van der Waals surface area contributed by atoms with E-state index in [4.69, 9.17) is 25.9 Å². The Morgan fingerprint density at radius 1 is 1.45 bits per heavy atom. The number of morpholine rings is 1. The van der Waals surface area contributed by atoms with Gasteiger partial charge >= 0.3 is 0 Å². The second kappa shape index (κ2) is 7.33. The Balaban J connectivity index is 1.56. The molecule has 120 valence electrons. The maximum absolute atomic E-state index is 6.32. The molecule has 1 N–H and O–H groups in total. The van der Waals surface area contributed by atoms with Crippen LogP contribution in [0.2, 0.25) is 5.02 Å². The van der Waals surface area contributed by atoms with Crippen molar-refractivity contribution in [1.82, 2.24) is 10.4 Å². The van der Waals surface area contributed by atoms with E-state index in [0.29, 0.717) is 24.0 Å². The van der Waals surface area contributed by atoms with Crippen LogP contribution < -0.4 is 10.1 Å². The predicted octanol–water partition coefficient (Wildman–Crippen LogP) is 2.01. The van der Waals surface area contributed by atoms with Gasteiger partial charge in [-0.05, 0) is 24.1 Å². The van der Waals surface area contributed by atoms with Crippen LogP contribution in [0.3, 0.4) is 0 Å². The third-order valence-corrected chi connectivity index (χ3v) is 3.99. The highest BCUT2D eigenvalue weighted by molar-refractivity contribution is 6.32. The molecule has 0 amide bonds. The van der Waals surface area contributed by atoms with Gasteiger partial charge in [0.25, 0.3) is 0 Å². The molecule has 0 unspecified atom stereocenters. The molecule has 1 aromatic rings. The molecule has 2 aliphatic heterocycles. The number of ether oxygens (including phenoxy) is 2. The number of hydrogen-bond donors (Lipinski definition) is 1. The Bertz CT molecular complexity index is 544. The molecule has 1 fully saturated rings. The molecule has 0 spiro atoms. The Hall–Kier alpha value is -1.27. The van der Waals surface area contributed by atoms with Crippen molar-refractivity contribution in [3.63, 3.8) is 0 Å². The molecule has 0 radical (unpaired) electrons. The molecule has 0 saturated carbocycles. The summed E-state index contributed by atoms with van der Waals surface area (Å²) in [6.07, 6.45) is 3.00. The molecule has 3 rings (SSSR count). The maximum Gasteiger partial charge on any atom is 0.138 e. The summed E-state index contributed by atoms with van der Waals surface area (Å²) in [5, 5.41) is 5.65. The van der Waals surface area contributed by atoms with Crippen molar-refractivity contribution in [3.05, 3.63) is 40.6 Å². The lowest BCUT2D eigenvalue weighted by molar-refractivity contribution is -0.0688. The van der Waals surface area contributed by atoms with Gasteiger partial charge in [0, 0.05) is 31.9 Å². The van der Waals surface area contributed by atoms with Gasteiger partial charge in [0.15, 0.2) is 0 Å². The fraction of sp³-hybridized carbons (Fsp3) is 0.500. The third kappa shape index (κ3) is 4.14. The van der Waals surface area contributed by atoms with Crippen LogP contribution >= 0.6 is 11.6 Å². The van der Waals surface area contributed by atoms with Gasteiger partial charge in [-0.25, -0.2) is 0 Å². The monoisotopic (exact) mass is 324 g/mol. The Morgan fingerprint density at radius 2 is 2.36 bits per heavy atom. The number of halogens is 1. The zero-order valence-electron chi connectivity index (χ0n) is 12.7. The lowest BCUT2D eigenvalue weighted by atomic mass is 10.1. The lowest BCUT2D eigenvalue weighted by Gasteiger charge is -2.23. The van der Waals surface area contributed by atoms with Crippen LogP contribution in [-0.2, 0) is 16.0 Å². The number of hydroxylamine groups is 2. The first-order valence-electron chi connectivity index (χ1n) is 7.49. The topological polar surface area (TPSA) is 43.0 Å². The summed E-state index contributed by atoms with van der Waals surface area (Å²) in [6.45, 7) is 3.64. The average molecular weight is 325 g/mol. The van der Waals surface area contributed by atoms with Crippen LogP contribution in [0, 0.1) is 0 Å². The zero-order valence-corrected chi connectivity index (χ0v) is 13.4. The highest BCUT2D eigenvalue weighted by Gasteiger charge is 2.15. The fourth-order valence-corrected chi connectivity index (χ4v) is 2.83. The summed E-state index contributed by atoms with van der Waals surface area (Å²) in [5.41, 5.74) is 2.25. The number of hydrogen-bond acceptors (Lipinski definition) is 5. The highest BCUT2D eigenvalue weighted by Crippen LogP contribution is 2.27. The third-order valence-electron chi connectivity index (χ3n) is 3.70. The van der Waals surface area contributed by atoms with Crippen molar-refractivity contribution >= 4 is 11.6 Å². The second-order valence-corrected chi connectivity index (χ2v) is 5.97. The standard InChI is InChI=1S/C16H21ClN2O3/c1-19-9-13(11-22-19)10-21-16-3-2-12(7-15(16)17)6-14-8-18-4-5-20-14/h2-3,7,9,14,18H,4-6,8,10-11H2,1H3/t14-/m1/s1. The molecule has 5 nitrogen and oxygen atoms in total. The number of nitrogens with zero attached hydrogens (tertiary/aromatic N) is 1. The minimum atomic E-state index is 0.216. The highest BCUT2D eigenvalue weighted by atomic mass is 35.5. The van der Waals surface area contributed by atoms with Gasteiger partial charge in [-0.1, -0.05) is 17.7 Å². The number of nitrogens with one attached hydrogen (secondary N) is 1. The minimum Gasteiger partial charge on any atom is -0.488 e. The van der Waals surface area contributed by atoms with E-state index in [1.807, 2.05) is 31.4 Å². The van der Waals surface area contributed by atoms with E-state index in [0.717, 1.165) is 37.3 Å². The molecule has 1 atom stereocenters. The van der Waals surface area contributed by atoms with Crippen LogP contribution in [0.1, 0.15) is 5.56 Å². The van der Waals surface area contributed by atoms with E-state index in [1.54, 1.807) is 5.06 Å². The Morgan fingerprint density at radius 3 is 3.05 bits per heavy atom. The van der Waals surface area contributed by atoms with Crippen LogP contribution in [0.15, 0.2) is 30.0 Å². The molecular weight excluding hydrogens is 304 g/mol. The van der Waals surface area contributed by atoms with Crippen LogP contribution in [0.25, 0.3) is 0 Å². The van der Waals surface area contributed by atoms with E-state index in [1.165, 1.54) is 0 Å². The molecular formula is C16H21ClN2O3. The van der Waals surface area contributed by atoms with Crippen molar-refractivity contribution in [2.24, 2.45) is 0 Å².